The molecule has 0 N–H and O–H groups in total. The van der Waals surface area contributed by atoms with E-state index in [9.17, 15) is 4.79 Å². The Hall–Kier alpha value is -3.25. The summed E-state index contributed by atoms with van der Waals surface area (Å²) in [4.78, 5) is 12.7. The van der Waals surface area contributed by atoms with Crippen molar-refractivity contribution in [3.05, 3.63) is 87.6 Å². The largest absolute Gasteiger partial charge is 0.497 e. The van der Waals surface area contributed by atoms with Crippen molar-refractivity contribution in [2.45, 2.75) is 6.61 Å². The molecule has 0 aromatic heterocycles. The summed E-state index contributed by atoms with van der Waals surface area (Å²) in [6, 6.07) is 18.5. The van der Waals surface area contributed by atoms with Crippen molar-refractivity contribution < 1.29 is 23.7 Å². The monoisotopic (exact) mass is 466 g/mol. The molecule has 0 fully saturated rings. The second-order valence-corrected chi connectivity index (χ2v) is 7.54. The quantitative estimate of drug-likeness (QED) is 0.438. The van der Waals surface area contributed by atoms with Gasteiger partial charge in [0.25, 0.3) is 0 Å². The summed E-state index contributed by atoms with van der Waals surface area (Å²) in [5.41, 5.74) is 2.27. The molecular formula is C24H19BrO5. The molecule has 30 heavy (non-hydrogen) atoms. The standard InChI is InChI=1S/C24H19BrO5/c1-27-18-6-3-15(4-7-18)14-29-19-8-9-20-22(13-19)30-23(24(20)26)12-16-11-17(25)5-10-21(16)28-2/h3-13H,14H2,1-2H3/b23-12-. The Kier molecular flexibility index (Phi) is 5.77. The smallest absolute Gasteiger partial charge is 0.231 e. The predicted octanol–water partition coefficient (Wildman–Crippen LogP) is 5.66. The van der Waals surface area contributed by atoms with E-state index in [1.54, 1.807) is 38.5 Å². The predicted molar refractivity (Wildman–Crippen MR) is 117 cm³/mol. The number of hydrogen-bond acceptors (Lipinski definition) is 5. The minimum Gasteiger partial charge on any atom is -0.497 e. The zero-order valence-electron chi connectivity index (χ0n) is 16.5. The van der Waals surface area contributed by atoms with Gasteiger partial charge >= 0.3 is 0 Å². The fourth-order valence-corrected chi connectivity index (χ4v) is 3.48. The molecule has 6 heteroatoms. The summed E-state index contributed by atoms with van der Waals surface area (Å²) in [7, 11) is 3.22. The SMILES string of the molecule is COc1ccc(COc2ccc3c(c2)O/C(=C\c2cc(Br)ccc2OC)C3=O)cc1. The summed E-state index contributed by atoms with van der Waals surface area (Å²) < 4.78 is 23.1. The molecule has 0 unspecified atom stereocenters. The highest BCUT2D eigenvalue weighted by Crippen LogP contribution is 2.36. The van der Waals surface area contributed by atoms with Crippen molar-refractivity contribution in [2.75, 3.05) is 14.2 Å². The molecule has 0 spiro atoms. The number of rotatable bonds is 6. The second kappa shape index (κ2) is 8.63. The van der Waals surface area contributed by atoms with Gasteiger partial charge in [0.2, 0.25) is 5.78 Å². The molecule has 0 saturated carbocycles. The minimum atomic E-state index is -0.172. The number of carbonyl (C=O) groups excluding carboxylic acids is 1. The molecule has 1 aliphatic heterocycles. The fraction of sp³-hybridized carbons (Fsp3) is 0.125. The van der Waals surface area contributed by atoms with Crippen molar-refractivity contribution in [3.8, 4) is 23.0 Å². The minimum absolute atomic E-state index is 0.172. The van der Waals surface area contributed by atoms with Crippen molar-refractivity contribution in [3.63, 3.8) is 0 Å². The molecule has 5 nitrogen and oxygen atoms in total. The average Bonchev–Trinajstić information content (AvgIpc) is 3.07. The Morgan fingerprint density at radius 1 is 0.933 bits per heavy atom. The molecule has 3 aromatic rings. The van der Waals surface area contributed by atoms with E-state index in [0.29, 0.717) is 29.4 Å². The molecule has 0 saturated heterocycles. The Morgan fingerprint density at radius 3 is 2.43 bits per heavy atom. The number of methoxy groups -OCH3 is 2. The summed E-state index contributed by atoms with van der Waals surface area (Å²) in [6.45, 7) is 0.397. The van der Waals surface area contributed by atoms with E-state index < -0.39 is 0 Å². The van der Waals surface area contributed by atoms with Gasteiger partial charge in [-0.3, -0.25) is 4.79 Å². The van der Waals surface area contributed by atoms with Crippen molar-refractivity contribution in [1.29, 1.82) is 0 Å². The van der Waals surface area contributed by atoms with E-state index in [0.717, 1.165) is 21.3 Å². The Bertz CT molecular complexity index is 1120. The van der Waals surface area contributed by atoms with E-state index in [1.165, 1.54) is 0 Å². The van der Waals surface area contributed by atoms with Gasteiger partial charge in [0.15, 0.2) is 5.76 Å². The van der Waals surface area contributed by atoms with Gasteiger partial charge in [-0.25, -0.2) is 0 Å². The van der Waals surface area contributed by atoms with Crippen molar-refractivity contribution in [1.82, 2.24) is 0 Å². The Labute approximate surface area is 183 Å². The molecule has 1 heterocycles. The van der Waals surface area contributed by atoms with Gasteiger partial charge in [-0.1, -0.05) is 28.1 Å². The van der Waals surface area contributed by atoms with E-state index in [4.69, 9.17) is 18.9 Å². The van der Waals surface area contributed by atoms with E-state index in [1.807, 2.05) is 42.5 Å². The van der Waals surface area contributed by atoms with Gasteiger partial charge in [-0.15, -0.1) is 0 Å². The van der Waals surface area contributed by atoms with Crippen LogP contribution < -0.4 is 18.9 Å². The first kappa shape index (κ1) is 20.0. The fourth-order valence-electron chi connectivity index (χ4n) is 3.10. The topological polar surface area (TPSA) is 54.0 Å². The van der Waals surface area contributed by atoms with Crippen LogP contribution in [0, 0.1) is 0 Å². The third kappa shape index (κ3) is 4.19. The number of Topliss-reactive ketones (excluding diaryl/α,β-unsaturated/α-hetero) is 1. The summed E-state index contributed by atoms with van der Waals surface area (Å²) >= 11 is 3.44. The highest BCUT2D eigenvalue weighted by atomic mass is 79.9. The van der Waals surface area contributed by atoms with E-state index >= 15 is 0 Å². The zero-order chi connectivity index (χ0) is 21.1. The van der Waals surface area contributed by atoms with Crippen LogP contribution in [0.15, 0.2) is 70.9 Å². The number of halogens is 1. The van der Waals surface area contributed by atoms with Crippen LogP contribution in [0.3, 0.4) is 0 Å². The van der Waals surface area contributed by atoms with Crippen LogP contribution in [0.1, 0.15) is 21.5 Å². The van der Waals surface area contributed by atoms with Crippen LogP contribution in [0.25, 0.3) is 6.08 Å². The van der Waals surface area contributed by atoms with E-state index in [-0.39, 0.29) is 11.5 Å². The molecule has 0 atom stereocenters. The zero-order valence-corrected chi connectivity index (χ0v) is 18.1. The molecule has 152 valence electrons. The maximum atomic E-state index is 12.7. The first-order valence-corrected chi connectivity index (χ1v) is 10.0. The van der Waals surface area contributed by atoms with Gasteiger partial charge in [-0.05, 0) is 54.1 Å². The maximum absolute atomic E-state index is 12.7. The first-order chi connectivity index (χ1) is 14.6. The summed E-state index contributed by atoms with van der Waals surface area (Å²) in [5, 5.41) is 0. The van der Waals surface area contributed by atoms with Gasteiger partial charge in [0.05, 0.1) is 19.8 Å². The Balaban J connectivity index is 1.51. The molecule has 0 radical (unpaired) electrons. The number of ketones is 1. The van der Waals surface area contributed by atoms with Crippen molar-refractivity contribution >= 4 is 27.8 Å². The average molecular weight is 467 g/mol. The number of benzene rings is 3. The lowest BCUT2D eigenvalue weighted by Gasteiger charge is -2.08. The van der Waals surface area contributed by atoms with Gasteiger partial charge in [0.1, 0.15) is 29.6 Å². The highest BCUT2D eigenvalue weighted by molar-refractivity contribution is 9.10. The van der Waals surface area contributed by atoms with Crippen LogP contribution in [-0.4, -0.2) is 20.0 Å². The molecule has 0 bridgehead atoms. The Morgan fingerprint density at radius 2 is 1.70 bits per heavy atom. The third-order valence-electron chi connectivity index (χ3n) is 4.68. The number of carbonyl (C=O) groups is 1. The number of allylic oxidation sites excluding steroid dienone is 1. The molecule has 0 aliphatic carbocycles. The highest BCUT2D eigenvalue weighted by Gasteiger charge is 2.28. The molecule has 0 amide bonds. The normalized spacial score (nSPS) is 13.7. The molecule has 3 aromatic carbocycles. The van der Waals surface area contributed by atoms with Crippen LogP contribution in [0.2, 0.25) is 0 Å². The van der Waals surface area contributed by atoms with Crippen LogP contribution >= 0.6 is 15.9 Å². The number of ether oxygens (including phenoxy) is 4. The number of fused-ring (bicyclic) bond motifs is 1. The lowest BCUT2D eigenvalue weighted by Crippen LogP contribution is -1.99. The lowest BCUT2D eigenvalue weighted by atomic mass is 10.1. The molecular weight excluding hydrogens is 448 g/mol. The first-order valence-electron chi connectivity index (χ1n) is 9.25. The maximum Gasteiger partial charge on any atom is 0.231 e. The van der Waals surface area contributed by atoms with Crippen molar-refractivity contribution in [2.24, 2.45) is 0 Å². The van der Waals surface area contributed by atoms with E-state index in [2.05, 4.69) is 15.9 Å². The molecule has 1 aliphatic rings. The molecule has 4 rings (SSSR count). The third-order valence-corrected chi connectivity index (χ3v) is 5.18. The van der Waals surface area contributed by atoms with Gasteiger partial charge in [0, 0.05) is 16.1 Å². The summed E-state index contributed by atoms with van der Waals surface area (Å²) in [6.07, 6.45) is 1.68. The van der Waals surface area contributed by atoms with Gasteiger partial charge in [-0.2, -0.15) is 0 Å². The van der Waals surface area contributed by atoms with Crippen LogP contribution in [-0.2, 0) is 6.61 Å². The summed E-state index contributed by atoms with van der Waals surface area (Å²) in [5.74, 6) is 2.62. The second-order valence-electron chi connectivity index (χ2n) is 6.62. The van der Waals surface area contributed by atoms with Crippen LogP contribution in [0.4, 0.5) is 0 Å². The lowest BCUT2D eigenvalue weighted by molar-refractivity contribution is 0.101. The van der Waals surface area contributed by atoms with Crippen LogP contribution in [0.5, 0.6) is 23.0 Å². The van der Waals surface area contributed by atoms with Gasteiger partial charge < -0.3 is 18.9 Å². The number of hydrogen-bond donors (Lipinski definition) is 0.